The van der Waals surface area contributed by atoms with Gasteiger partial charge in [0, 0.05) is 0 Å². The van der Waals surface area contributed by atoms with Crippen LogP contribution >= 0.6 is 0 Å². The highest BCUT2D eigenvalue weighted by Gasteiger charge is 1.88. The van der Waals surface area contributed by atoms with E-state index in [1.165, 1.54) is 0 Å². The average Bonchev–Trinajstić information content (AvgIpc) is 1.72. The van der Waals surface area contributed by atoms with Crippen molar-refractivity contribution in [2.45, 2.75) is 0 Å². The minimum absolute atomic E-state index is 0.604. The maximum absolute atomic E-state index is 4.40. The zero-order chi connectivity index (χ0) is 4.24. The molecule has 1 saturated heterocycles. The summed E-state index contributed by atoms with van der Waals surface area (Å²) >= 11 is 0. The summed E-state index contributed by atoms with van der Waals surface area (Å²) in [6.45, 7) is 0.604. The van der Waals surface area contributed by atoms with E-state index in [0.717, 1.165) is 0 Å². The molecule has 0 aromatic rings. The largest absolute Gasteiger partial charge is 0.226 e. The van der Waals surface area contributed by atoms with E-state index in [-0.39, 0.29) is 0 Å². The molecule has 0 aromatic carbocycles. The lowest BCUT2D eigenvalue weighted by Gasteiger charge is -2.13. The van der Waals surface area contributed by atoms with Crippen LogP contribution in [0.15, 0.2) is 0 Å². The first-order chi connectivity index (χ1) is 3.00. The molecule has 1 heterocycles. The van der Waals surface area contributed by atoms with Crippen LogP contribution in [-0.2, 0) is 4.94 Å². The monoisotopic (exact) mass is 90.1 g/mol. The van der Waals surface area contributed by atoms with Gasteiger partial charge in [-0.2, -0.15) is 16.0 Å². The Labute approximate surface area is 34.9 Å². The smallest absolute Gasteiger partial charge is 0.0863 e. The van der Waals surface area contributed by atoms with Crippen molar-refractivity contribution in [1.29, 1.82) is 0 Å². The Balaban J connectivity index is 2.00. The lowest BCUT2D eigenvalue weighted by molar-refractivity contribution is -0.107. The first-order valence-corrected chi connectivity index (χ1v) is 1.62. The maximum Gasteiger partial charge on any atom is 0.0863 e. The molecular weight excluding hydrogens is 84.0 g/mol. The average molecular weight is 90.1 g/mol. The zero-order valence-electron chi connectivity index (χ0n) is 3.12. The molecule has 0 amide bonds. The lowest BCUT2D eigenvalue weighted by atomic mass is 11.2. The maximum atomic E-state index is 4.40. The van der Waals surface area contributed by atoms with E-state index in [9.17, 15) is 0 Å². The second-order valence-electron chi connectivity index (χ2n) is 0.827. The molecular formula is CH6N4O. The first-order valence-electron chi connectivity index (χ1n) is 1.62. The van der Waals surface area contributed by atoms with Crippen molar-refractivity contribution >= 4 is 0 Å². The molecule has 5 nitrogen and oxygen atoms in total. The van der Waals surface area contributed by atoms with Crippen molar-refractivity contribution in [2.24, 2.45) is 0 Å². The number of rotatable bonds is 0. The summed E-state index contributed by atoms with van der Waals surface area (Å²) in [4.78, 5) is 4.40. The zero-order valence-corrected chi connectivity index (χ0v) is 3.12. The second-order valence-corrected chi connectivity index (χ2v) is 0.827. The van der Waals surface area contributed by atoms with Gasteiger partial charge in [-0.15, -0.1) is 5.59 Å². The van der Waals surface area contributed by atoms with Crippen LogP contribution in [0.4, 0.5) is 0 Å². The quantitative estimate of drug-likeness (QED) is 0.277. The molecule has 0 saturated carbocycles. The Bertz CT molecular complexity index is 23.0. The van der Waals surface area contributed by atoms with Gasteiger partial charge in [0.05, 0.1) is 6.67 Å². The van der Waals surface area contributed by atoms with Gasteiger partial charge in [0.15, 0.2) is 0 Å². The van der Waals surface area contributed by atoms with Gasteiger partial charge in [-0.1, -0.05) is 0 Å². The van der Waals surface area contributed by atoms with Crippen molar-refractivity contribution in [3.05, 3.63) is 0 Å². The predicted molar refractivity (Wildman–Crippen MR) is 18.5 cm³/mol. The molecule has 1 aliphatic heterocycles. The van der Waals surface area contributed by atoms with E-state index in [1.54, 1.807) is 0 Å². The fourth-order valence-electron chi connectivity index (χ4n) is 0.214. The van der Waals surface area contributed by atoms with Gasteiger partial charge >= 0.3 is 0 Å². The van der Waals surface area contributed by atoms with E-state index in [0.29, 0.717) is 6.67 Å². The Hall–Kier alpha value is -0.200. The molecule has 1 rings (SSSR count). The van der Waals surface area contributed by atoms with Crippen LogP contribution in [0.25, 0.3) is 0 Å². The molecule has 0 bridgehead atoms. The molecule has 0 aromatic heterocycles. The first kappa shape index (κ1) is 3.97. The van der Waals surface area contributed by atoms with Gasteiger partial charge in [0.1, 0.15) is 0 Å². The van der Waals surface area contributed by atoms with E-state index in [4.69, 9.17) is 0 Å². The van der Waals surface area contributed by atoms with Gasteiger partial charge in [-0.3, -0.25) is 0 Å². The van der Waals surface area contributed by atoms with E-state index < -0.39 is 0 Å². The third-order valence-corrected chi connectivity index (χ3v) is 0.423. The SMILES string of the molecule is C1NNNON1. The van der Waals surface area contributed by atoms with Crippen molar-refractivity contribution < 1.29 is 4.94 Å². The van der Waals surface area contributed by atoms with Crippen molar-refractivity contribution in [3.8, 4) is 0 Å². The Morgan fingerprint density at radius 3 is 2.67 bits per heavy atom. The third-order valence-electron chi connectivity index (χ3n) is 0.423. The molecule has 5 heteroatoms. The molecule has 1 fully saturated rings. The number of hydroxylamine groups is 1. The second kappa shape index (κ2) is 2.06. The van der Waals surface area contributed by atoms with Crippen molar-refractivity contribution in [3.63, 3.8) is 0 Å². The molecule has 1 aliphatic rings. The van der Waals surface area contributed by atoms with E-state index in [1.807, 2.05) is 0 Å². The van der Waals surface area contributed by atoms with Crippen LogP contribution in [-0.4, -0.2) is 6.67 Å². The van der Waals surface area contributed by atoms with Crippen LogP contribution < -0.4 is 22.0 Å². The Morgan fingerprint density at radius 1 is 1.50 bits per heavy atom. The van der Waals surface area contributed by atoms with Gasteiger partial charge in [-0.05, 0) is 0 Å². The minimum atomic E-state index is 0.604. The molecule has 0 aliphatic carbocycles. The predicted octanol–water partition coefficient (Wildman–Crippen LogP) is -2.01. The number of hydrogen-bond acceptors (Lipinski definition) is 5. The van der Waals surface area contributed by atoms with Crippen molar-refractivity contribution in [2.75, 3.05) is 6.67 Å². The topological polar surface area (TPSA) is 57.3 Å². The number of nitrogens with one attached hydrogen (secondary N) is 4. The molecule has 4 N–H and O–H groups in total. The van der Waals surface area contributed by atoms with E-state index in [2.05, 4.69) is 27.0 Å². The van der Waals surface area contributed by atoms with Crippen LogP contribution in [0, 0.1) is 0 Å². The molecule has 6 heavy (non-hydrogen) atoms. The molecule has 0 spiro atoms. The highest BCUT2D eigenvalue weighted by molar-refractivity contribution is 4.22. The van der Waals surface area contributed by atoms with Gasteiger partial charge < -0.3 is 0 Å². The summed E-state index contributed by atoms with van der Waals surface area (Å²) in [6.07, 6.45) is 0. The fourth-order valence-corrected chi connectivity index (χ4v) is 0.214. The number of hydrogen-bond donors (Lipinski definition) is 4. The summed E-state index contributed by atoms with van der Waals surface area (Å²) in [5.74, 6) is 0. The summed E-state index contributed by atoms with van der Waals surface area (Å²) < 4.78 is 0. The summed E-state index contributed by atoms with van der Waals surface area (Å²) in [5, 5.41) is 0. The standard InChI is InChI=1S/CH6N4O/c1-2-4-5-6-3-1/h2-5H,1H2. The molecule has 0 unspecified atom stereocenters. The summed E-state index contributed by atoms with van der Waals surface area (Å²) in [6, 6.07) is 0. The van der Waals surface area contributed by atoms with Gasteiger partial charge in [-0.25, -0.2) is 5.43 Å². The highest BCUT2D eigenvalue weighted by atomic mass is 16.8. The van der Waals surface area contributed by atoms with Gasteiger partial charge in [0.2, 0.25) is 0 Å². The summed E-state index contributed by atoms with van der Waals surface area (Å²) in [7, 11) is 0. The van der Waals surface area contributed by atoms with Gasteiger partial charge in [0.25, 0.3) is 0 Å². The van der Waals surface area contributed by atoms with Crippen LogP contribution in [0.1, 0.15) is 0 Å². The Morgan fingerprint density at radius 2 is 2.50 bits per heavy atom. The normalized spacial score (nSPS) is 24.0. The molecule has 0 atom stereocenters. The minimum Gasteiger partial charge on any atom is -0.226 e. The third kappa shape index (κ3) is 0.886. The summed E-state index contributed by atoms with van der Waals surface area (Å²) in [5.41, 5.74) is 10.0. The fraction of sp³-hybridized carbons (Fsp3) is 1.00. The van der Waals surface area contributed by atoms with Crippen LogP contribution in [0.2, 0.25) is 0 Å². The molecule has 36 valence electrons. The molecule has 0 radical (unpaired) electrons. The van der Waals surface area contributed by atoms with Crippen LogP contribution in [0.3, 0.4) is 0 Å². The van der Waals surface area contributed by atoms with E-state index >= 15 is 0 Å². The highest BCUT2D eigenvalue weighted by Crippen LogP contribution is 1.52. The Kier molecular flexibility index (Phi) is 1.36. The number of hydrazine groups is 2. The van der Waals surface area contributed by atoms with Crippen molar-refractivity contribution in [1.82, 2.24) is 22.0 Å². The van der Waals surface area contributed by atoms with Crippen LogP contribution in [0.5, 0.6) is 0 Å². The lowest BCUT2D eigenvalue weighted by Crippen LogP contribution is -2.55.